The zero-order chi connectivity index (χ0) is 13.5. The monoisotopic (exact) mass is 339 g/mol. The molecule has 4 heteroatoms. The molecule has 19 heavy (non-hydrogen) atoms. The number of hydrogen-bond acceptors (Lipinski definition) is 3. The summed E-state index contributed by atoms with van der Waals surface area (Å²) < 4.78 is 6.49. The molecule has 0 bridgehead atoms. The standard InChI is InChI=1S/C15H18BrNOS/c1-2-7-17-10-12-5-6-15(14(16)9-12)19-11-13-4-3-8-18-13/h3-6,8-9,17H,2,7,10-11H2,1H3. The van der Waals surface area contributed by atoms with E-state index in [1.807, 2.05) is 12.1 Å². The Kier molecular flexibility index (Phi) is 6.01. The molecule has 1 aromatic carbocycles. The van der Waals surface area contributed by atoms with Gasteiger partial charge in [0.2, 0.25) is 0 Å². The van der Waals surface area contributed by atoms with Crippen molar-refractivity contribution in [3.8, 4) is 0 Å². The quantitative estimate of drug-likeness (QED) is 0.577. The fourth-order valence-corrected chi connectivity index (χ4v) is 3.32. The van der Waals surface area contributed by atoms with E-state index in [9.17, 15) is 0 Å². The minimum Gasteiger partial charge on any atom is -0.468 e. The average molecular weight is 340 g/mol. The van der Waals surface area contributed by atoms with Crippen molar-refractivity contribution in [3.63, 3.8) is 0 Å². The number of thioether (sulfide) groups is 1. The Balaban J connectivity index is 1.91. The minimum atomic E-state index is 0.860. The van der Waals surface area contributed by atoms with Crippen LogP contribution >= 0.6 is 27.7 Å². The number of benzene rings is 1. The Morgan fingerprint density at radius 2 is 2.21 bits per heavy atom. The molecule has 0 saturated heterocycles. The van der Waals surface area contributed by atoms with Gasteiger partial charge in [0, 0.05) is 15.9 Å². The lowest BCUT2D eigenvalue weighted by Gasteiger charge is -2.07. The molecule has 1 aromatic heterocycles. The van der Waals surface area contributed by atoms with Crippen LogP contribution in [-0.4, -0.2) is 6.54 Å². The van der Waals surface area contributed by atoms with Crippen LogP contribution in [0.25, 0.3) is 0 Å². The van der Waals surface area contributed by atoms with Crippen molar-refractivity contribution < 1.29 is 4.42 Å². The maximum atomic E-state index is 5.34. The topological polar surface area (TPSA) is 25.2 Å². The van der Waals surface area contributed by atoms with Crippen LogP contribution in [0.2, 0.25) is 0 Å². The first-order valence-electron chi connectivity index (χ1n) is 6.44. The summed E-state index contributed by atoms with van der Waals surface area (Å²) >= 11 is 5.42. The highest BCUT2D eigenvalue weighted by Gasteiger charge is 2.04. The maximum Gasteiger partial charge on any atom is 0.113 e. The molecular formula is C15H18BrNOS. The molecule has 1 heterocycles. The number of furan rings is 1. The van der Waals surface area contributed by atoms with Crippen LogP contribution in [0.1, 0.15) is 24.7 Å². The van der Waals surface area contributed by atoms with Gasteiger partial charge in [0.1, 0.15) is 5.76 Å². The first kappa shape index (κ1) is 14.7. The SMILES string of the molecule is CCCNCc1ccc(SCc2ccco2)c(Br)c1. The molecule has 1 N–H and O–H groups in total. The third-order valence-corrected chi connectivity index (χ3v) is 4.72. The lowest BCUT2D eigenvalue weighted by molar-refractivity contribution is 0.530. The molecule has 2 rings (SSSR count). The third-order valence-electron chi connectivity index (χ3n) is 2.70. The van der Waals surface area contributed by atoms with Gasteiger partial charge in [-0.1, -0.05) is 13.0 Å². The Labute approximate surface area is 127 Å². The van der Waals surface area contributed by atoms with Gasteiger partial charge >= 0.3 is 0 Å². The largest absolute Gasteiger partial charge is 0.468 e. The van der Waals surface area contributed by atoms with Crippen molar-refractivity contribution in [3.05, 3.63) is 52.4 Å². The lowest BCUT2D eigenvalue weighted by Crippen LogP contribution is -2.13. The second kappa shape index (κ2) is 7.78. The molecule has 2 aromatic rings. The third kappa shape index (κ3) is 4.71. The molecule has 0 aliphatic carbocycles. The molecule has 0 unspecified atom stereocenters. The van der Waals surface area contributed by atoms with Crippen molar-refractivity contribution >= 4 is 27.7 Å². The van der Waals surface area contributed by atoms with Crippen LogP contribution in [-0.2, 0) is 12.3 Å². The predicted octanol–water partition coefficient (Wildman–Crippen LogP) is 4.83. The number of rotatable bonds is 7. The lowest BCUT2D eigenvalue weighted by atomic mass is 10.2. The second-order valence-corrected chi connectivity index (χ2v) is 6.18. The normalized spacial score (nSPS) is 10.8. The van der Waals surface area contributed by atoms with Gasteiger partial charge in [0.25, 0.3) is 0 Å². The first-order chi connectivity index (χ1) is 9.29. The zero-order valence-corrected chi connectivity index (χ0v) is 13.4. The van der Waals surface area contributed by atoms with Gasteiger partial charge in [-0.2, -0.15) is 0 Å². The molecule has 0 aliphatic rings. The van der Waals surface area contributed by atoms with Crippen molar-refractivity contribution in [2.75, 3.05) is 6.54 Å². The second-order valence-electron chi connectivity index (χ2n) is 4.31. The molecule has 0 saturated carbocycles. The van der Waals surface area contributed by atoms with Gasteiger partial charge in [-0.25, -0.2) is 0 Å². The summed E-state index contributed by atoms with van der Waals surface area (Å²) in [5.74, 6) is 1.87. The highest BCUT2D eigenvalue weighted by molar-refractivity contribution is 9.10. The van der Waals surface area contributed by atoms with Gasteiger partial charge < -0.3 is 9.73 Å². The van der Waals surface area contributed by atoms with E-state index in [0.717, 1.165) is 35.5 Å². The van der Waals surface area contributed by atoms with Crippen LogP contribution in [0.15, 0.2) is 50.4 Å². The van der Waals surface area contributed by atoms with E-state index in [1.54, 1.807) is 18.0 Å². The van der Waals surface area contributed by atoms with Crippen LogP contribution in [0.4, 0.5) is 0 Å². The summed E-state index contributed by atoms with van der Waals surface area (Å²) in [6, 6.07) is 10.5. The number of halogens is 1. The molecule has 0 amide bonds. The minimum absolute atomic E-state index is 0.860. The summed E-state index contributed by atoms with van der Waals surface area (Å²) in [4.78, 5) is 1.25. The summed E-state index contributed by atoms with van der Waals surface area (Å²) in [6.45, 7) is 4.17. The highest BCUT2D eigenvalue weighted by Crippen LogP contribution is 2.30. The van der Waals surface area contributed by atoms with E-state index in [2.05, 4.69) is 46.4 Å². The van der Waals surface area contributed by atoms with Crippen molar-refractivity contribution in [1.29, 1.82) is 0 Å². The van der Waals surface area contributed by atoms with E-state index >= 15 is 0 Å². The molecule has 0 aliphatic heterocycles. The average Bonchev–Trinajstić information content (AvgIpc) is 2.91. The number of nitrogens with one attached hydrogen (secondary N) is 1. The van der Waals surface area contributed by atoms with Gasteiger partial charge in [0.05, 0.1) is 12.0 Å². The molecular weight excluding hydrogens is 322 g/mol. The number of hydrogen-bond donors (Lipinski definition) is 1. The summed E-state index contributed by atoms with van der Waals surface area (Å²) in [5.41, 5.74) is 1.31. The van der Waals surface area contributed by atoms with Gasteiger partial charge in [-0.15, -0.1) is 11.8 Å². The molecule has 0 spiro atoms. The van der Waals surface area contributed by atoms with Crippen molar-refractivity contribution in [2.24, 2.45) is 0 Å². The summed E-state index contributed by atoms with van der Waals surface area (Å²) in [6.07, 6.45) is 2.88. The van der Waals surface area contributed by atoms with Crippen molar-refractivity contribution in [2.45, 2.75) is 30.5 Å². The molecule has 0 radical (unpaired) electrons. The van der Waals surface area contributed by atoms with Crippen LogP contribution in [0, 0.1) is 0 Å². The Morgan fingerprint density at radius 3 is 2.89 bits per heavy atom. The fraction of sp³-hybridized carbons (Fsp3) is 0.333. The zero-order valence-electron chi connectivity index (χ0n) is 11.0. The van der Waals surface area contributed by atoms with Crippen molar-refractivity contribution in [1.82, 2.24) is 5.32 Å². The molecule has 0 fully saturated rings. The molecule has 0 atom stereocenters. The van der Waals surface area contributed by atoms with E-state index < -0.39 is 0 Å². The van der Waals surface area contributed by atoms with Gasteiger partial charge in [-0.05, 0) is 58.7 Å². The van der Waals surface area contributed by atoms with E-state index in [1.165, 1.54) is 10.5 Å². The van der Waals surface area contributed by atoms with Gasteiger partial charge in [0.15, 0.2) is 0 Å². The Morgan fingerprint density at radius 1 is 1.32 bits per heavy atom. The first-order valence-corrected chi connectivity index (χ1v) is 8.21. The van der Waals surface area contributed by atoms with Gasteiger partial charge in [-0.3, -0.25) is 0 Å². The summed E-state index contributed by atoms with van der Waals surface area (Å²) in [7, 11) is 0. The maximum absolute atomic E-state index is 5.34. The van der Waals surface area contributed by atoms with E-state index in [4.69, 9.17) is 4.42 Å². The molecule has 102 valence electrons. The Hall–Kier alpha value is -0.710. The summed E-state index contributed by atoms with van der Waals surface area (Å²) in [5, 5.41) is 3.41. The van der Waals surface area contributed by atoms with Crippen LogP contribution in [0.5, 0.6) is 0 Å². The molecule has 2 nitrogen and oxygen atoms in total. The van der Waals surface area contributed by atoms with E-state index in [0.29, 0.717) is 0 Å². The van der Waals surface area contributed by atoms with Crippen LogP contribution in [0.3, 0.4) is 0 Å². The fourth-order valence-electron chi connectivity index (χ4n) is 1.72. The predicted molar refractivity (Wildman–Crippen MR) is 84.4 cm³/mol. The smallest absolute Gasteiger partial charge is 0.113 e. The Bertz CT molecular complexity index is 499. The highest BCUT2D eigenvalue weighted by atomic mass is 79.9. The van der Waals surface area contributed by atoms with E-state index in [-0.39, 0.29) is 0 Å². The van der Waals surface area contributed by atoms with Crippen LogP contribution < -0.4 is 5.32 Å².